The Kier molecular flexibility index (Phi) is 7.37. The summed E-state index contributed by atoms with van der Waals surface area (Å²) in [6, 6.07) is 0.439. The Hall–Kier alpha value is -1.42. The van der Waals surface area contributed by atoms with Gasteiger partial charge in [-0.1, -0.05) is 40.7 Å². The van der Waals surface area contributed by atoms with Gasteiger partial charge < -0.3 is 10.2 Å². The molecule has 1 aromatic heterocycles. The second-order valence-electron chi connectivity index (χ2n) is 5.99. The predicted molar refractivity (Wildman–Crippen MR) is 90.8 cm³/mol. The Morgan fingerprint density at radius 1 is 1.33 bits per heavy atom. The summed E-state index contributed by atoms with van der Waals surface area (Å²) in [5, 5.41) is 3.46. The molecule has 0 unspecified atom stereocenters. The van der Waals surface area contributed by atoms with Crippen molar-refractivity contribution in [3.8, 4) is 0 Å². The predicted octanol–water partition coefficient (Wildman–Crippen LogP) is 3.50. The van der Waals surface area contributed by atoms with Crippen LogP contribution in [0.15, 0.2) is 18.9 Å². The number of hydrogen-bond acceptors (Lipinski definition) is 4. The second-order valence-corrected chi connectivity index (χ2v) is 5.99. The van der Waals surface area contributed by atoms with E-state index in [4.69, 9.17) is 4.98 Å². The number of nitrogens with one attached hydrogen (secondary N) is 1. The Labute approximate surface area is 129 Å². The molecule has 0 aromatic carbocycles. The lowest BCUT2D eigenvalue weighted by Gasteiger charge is -2.25. The Morgan fingerprint density at radius 3 is 2.57 bits per heavy atom. The number of anilines is 1. The van der Waals surface area contributed by atoms with Crippen LogP contribution >= 0.6 is 0 Å². The number of rotatable bonds is 9. The van der Waals surface area contributed by atoms with Gasteiger partial charge in [0.1, 0.15) is 5.82 Å². The molecular weight excluding hydrogens is 260 g/mol. The fraction of sp³-hybridized carbons (Fsp3) is 0.647. The monoisotopic (exact) mass is 290 g/mol. The summed E-state index contributed by atoms with van der Waals surface area (Å²) >= 11 is 0. The van der Waals surface area contributed by atoms with Crippen LogP contribution < -0.4 is 10.2 Å². The quantitative estimate of drug-likeness (QED) is 0.707. The number of nitrogens with zero attached hydrogens (tertiary/aromatic N) is 3. The maximum Gasteiger partial charge on any atom is 0.131 e. The molecule has 1 aromatic rings. The van der Waals surface area contributed by atoms with Gasteiger partial charge in [-0.3, -0.25) is 0 Å². The average molecular weight is 290 g/mol. The lowest BCUT2D eigenvalue weighted by Crippen LogP contribution is -2.29. The third-order valence-corrected chi connectivity index (χ3v) is 3.24. The van der Waals surface area contributed by atoms with Gasteiger partial charge >= 0.3 is 0 Å². The maximum atomic E-state index is 4.78. The summed E-state index contributed by atoms with van der Waals surface area (Å²) < 4.78 is 0. The summed E-state index contributed by atoms with van der Waals surface area (Å²) in [6.45, 7) is 17.2. The first-order chi connectivity index (χ1) is 9.99. The minimum Gasteiger partial charge on any atom is -0.365 e. The number of hydrogen-bond donors (Lipinski definition) is 1. The minimum absolute atomic E-state index is 0.343. The fourth-order valence-electron chi connectivity index (χ4n) is 2.14. The zero-order valence-electron chi connectivity index (χ0n) is 14.2. The molecule has 0 aliphatic heterocycles. The smallest absolute Gasteiger partial charge is 0.131 e. The molecule has 118 valence electrons. The van der Waals surface area contributed by atoms with Crippen LogP contribution in [0.25, 0.3) is 0 Å². The van der Waals surface area contributed by atoms with Crippen LogP contribution in [0.3, 0.4) is 0 Å². The van der Waals surface area contributed by atoms with Gasteiger partial charge in [-0.15, -0.1) is 6.58 Å². The Bertz CT molecular complexity index is 440. The van der Waals surface area contributed by atoms with Gasteiger partial charge in [0.2, 0.25) is 0 Å². The Balaban J connectivity index is 3.11. The van der Waals surface area contributed by atoms with Crippen molar-refractivity contribution in [1.29, 1.82) is 0 Å². The first kappa shape index (κ1) is 17.6. The molecule has 0 spiro atoms. The highest BCUT2D eigenvalue weighted by Crippen LogP contribution is 2.21. The molecular formula is C17H30N4. The van der Waals surface area contributed by atoms with Gasteiger partial charge in [-0.05, 0) is 6.42 Å². The molecule has 4 heteroatoms. The molecule has 0 saturated heterocycles. The first-order valence-corrected chi connectivity index (χ1v) is 7.94. The van der Waals surface area contributed by atoms with Crippen molar-refractivity contribution in [1.82, 2.24) is 15.3 Å². The third kappa shape index (κ3) is 5.46. The zero-order valence-corrected chi connectivity index (χ0v) is 14.2. The third-order valence-electron chi connectivity index (χ3n) is 3.24. The molecule has 21 heavy (non-hydrogen) atoms. The van der Waals surface area contributed by atoms with Crippen molar-refractivity contribution in [2.45, 2.75) is 59.5 Å². The molecule has 0 atom stereocenters. The van der Waals surface area contributed by atoms with Crippen molar-refractivity contribution >= 4 is 5.69 Å². The van der Waals surface area contributed by atoms with Gasteiger partial charge in [0.05, 0.1) is 17.6 Å². The second kappa shape index (κ2) is 8.78. The SMILES string of the molecule is C=CCN(CCC)c1cnc(C(C)C)nc1CNC(C)C. The maximum absolute atomic E-state index is 4.78. The average Bonchev–Trinajstić information content (AvgIpc) is 2.44. The molecule has 4 nitrogen and oxygen atoms in total. The van der Waals surface area contributed by atoms with E-state index in [0.29, 0.717) is 12.0 Å². The van der Waals surface area contributed by atoms with Gasteiger partial charge in [-0.2, -0.15) is 0 Å². The topological polar surface area (TPSA) is 41.1 Å². The van der Waals surface area contributed by atoms with Crippen LogP contribution in [-0.4, -0.2) is 29.1 Å². The molecule has 0 amide bonds. The van der Waals surface area contributed by atoms with Crippen molar-refractivity contribution in [3.63, 3.8) is 0 Å². The molecule has 0 aliphatic carbocycles. The van der Waals surface area contributed by atoms with Crippen LogP contribution in [0.1, 0.15) is 58.5 Å². The Morgan fingerprint density at radius 2 is 2.05 bits per heavy atom. The van der Waals surface area contributed by atoms with Crippen molar-refractivity contribution in [2.24, 2.45) is 0 Å². The highest BCUT2D eigenvalue weighted by molar-refractivity contribution is 5.49. The lowest BCUT2D eigenvalue weighted by molar-refractivity contribution is 0.575. The van der Waals surface area contributed by atoms with Gasteiger partial charge in [0.25, 0.3) is 0 Å². The lowest BCUT2D eigenvalue weighted by atomic mass is 10.2. The van der Waals surface area contributed by atoms with E-state index in [0.717, 1.165) is 43.3 Å². The van der Waals surface area contributed by atoms with Crippen LogP contribution in [0.2, 0.25) is 0 Å². The van der Waals surface area contributed by atoms with Crippen molar-refractivity contribution in [3.05, 3.63) is 30.4 Å². The summed E-state index contributed by atoms with van der Waals surface area (Å²) in [6.07, 6.45) is 5.00. The molecule has 1 rings (SSSR count). The molecule has 0 bridgehead atoms. The normalized spacial score (nSPS) is 11.2. The van der Waals surface area contributed by atoms with Gasteiger partial charge in [-0.25, -0.2) is 9.97 Å². The van der Waals surface area contributed by atoms with E-state index in [9.17, 15) is 0 Å². The molecule has 1 heterocycles. The van der Waals surface area contributed by atoms with Crippen molar-refractivity contribution in [2.75, 3.05) is 18.0 Å². The largest absolute Gasteiger partial charge is 0.365 e. The van der Waals surface area contributed by atoms with Gasteiger partial charge in [0, 0.05) is 31.6 Å². The summed E-state index contributed by atoms with van der Waals surface area (Å²) in [4.78, 5) is 11.6. The minimum atomic E-state index is 0.343. The standard InChI is InChI=1S/C17H30N4/c1-7-9-21(10-8-2)16-12-19-17(13(3)4)20-15(16)11-18-14(5)6/h7,12-14,18H,1,8-11H2,2-6H3. The summed E-state index contributed by atoms with van der Waals surface area (Å²) in [5.74, 6) is 1.25. The molecule has 0 radical (unpaired) electrons. The zero-order chi connectivity index (χ0) is 15.8. The van der Waals surface area contributed by atoms with E-state index in [1.807, 2.05) is 12.3 Å². The van der Waals surface area contributed by atoms with Crippen LogP contribution in [0, 0.1) is 0 Å². The van der Waals surface area contributed by atoms with E-state index >= 15 is 0 Å². The van der Waals surface area contributed by atoms with E-state index in [2.05, 4.69) is 56.4 Å². The highest BCUT2D eigenvalue weighted by Gasteiger charge is 2.14. The summed E-state index contributed by atoms with van der Waals surface area (Å²) in [5.41, 5.74) is 2.20. The van der Waals surface area contributed by atoms with E-state index in [1.165, 1.54) is 0 Å². The molecule has 1 N–H and O–H groups in total. The van der Waals surface area contributed by atoms with Crippen molar-refractivity contribution < 1.29 is 0 Å². The fourth-order valence-corrected chi connectivity index (χ4v) is 2.14. The van der Waals surface area contributed by atoms with E-state index in [1.54, 1.807) is 0 Å². The summed E-state index contributed by atoms with van der Waals surface area (Å²) in [7, 11) is 0. The number of aromatic nitrogens is 2. The van der Waals surface area contributed by atoms with Crippen LogP contribution in [-0.2, 0) is 6.54 Å². The molecule has 0 fully saturated rings. The first-order valence-electron chi connectivity index (χ1n) is 7.94. The van der Waals surface area contributed by atoms with Gasteiger partial charge in [0.15, 0.2) is 0 Å². The molecule has 0 aliphatic rings. The molecule has 0 saturated carbocycles. The highest BCUT2D eigenvalue weighted by atomic mass is 15.1. The van der Waals surface area contributed by atoms with Crippen LogP contribution in [0.5, 0.6) is 0 Å². The van der Waals surface area contributed by atoms with Crippen LogP contribution in [0.4, 0.5) is 5.69 Å². The van der Waals surface area contributed by atoms with E-state index < -0.39 is 0 Å². The van der Waals surface area contributed by atoms with E-state index in [-0.39, 0.29) is 0 Å².